The fourth-order valence-electron chi connectivity index (χ4n) is 1.33. The Hall–Kier alpha value is -0.860. The number of amides is 1. The topological polar surface area (TPSA) is 29.1 Å². The summed E-state index contributed by atoms with van der Waals surface area (Å²) in [4.78, 5) is 10.7. The number of rotatable bonds is 0. The lowest BCUT2D eigenvalue weighted by molar-refractivity contribution is -0.121. The first-order chi connectivity index (χ1) is 4.27. The molecule has 9 heavy (non-hydrogen) atoms. The average molecular weight is 127 g/mol. The van der Waals surface area contributed by atoms with Crippen LogP contribution in [0.25, 0.3) is 0 Å². The Morgan fingerprint density at radius 3 is 2.89 bits per heavy atom. The summed E-state index contributed by atoms with van der Waals surface area (Å²) in [6, 6.07) is -0.289. The Morgan fingerprint density at radius 2 is 2.56 bits per heavy atom. The molecule has 2 bridgehead atoms. The van der Waals surface area contributed by atoms with E-state index in [1.165, 1.54) is 6.08 Å². The third-order valence-electron chi connectivity index (χ3n) is 1.84. The van der Waals surface area contributed by atoms with Gasteiger partial charge in [-0.2, -0.15) is 0 Å². The van der Waals surface area contributed by atoms with Crippen molar-refractivity contribution in [2.24, 2.45) is 5.92 Å². The largest absolute Gasteiger partial charge is 0.346 e. The van der Waals surface area contributed by atoms with Crippen molar-refractivity contribution in [3.63, 3.8) is 0 Å². The molecule has 48 valence electrons. The fourth-order valence-corrected chi connectivity index (χ4v) is 1.33. The van der Waals surface area contributed by atoms with Gasteiger partial charge >= 0.3 is 0 Å². The molecule has 1 saturated heterocycles. The molecule has 1 heterocycles. The first-order valence-electron chi connectivity index (χ1n) is 2.95. The van der Waals surface area contributed by atoms with E-state index in [4.69, 9.17) is 0 Å². The zero-order valence-electron chi connectivity index (χ0n) is 4.73. The maximum absolute atomic E-state index is 12.4. The third kappa shape index (κ3) is 0.515. The number of carbonyl (C=O) groups excluding carboxylic acids is 1. The van der Waals surface area contributed by atoms with Crippen LogP contribution in [0.5, 0.6) is 0 Å². The van der Waals surface area contributed by atoms with Gasteiger partial charge in [0.15, 0.2) is 0 Å². The summed E-state index contributed by atoms with van der Waals surface area (Å²) in [6.07, 6.45) is 2.04. The fraction of sp³-hybridized carbons (Fsp3) is 0.500. The number of hydrogen-bond acceptors (Lipinski definition) is 1. The molecule has 0 saturated carbocycles. The smallest absolute Gasteiger partial charge is 0.227 e. The lowest BCUT2D eigenvalue weighted by atomic mass is 10.1. The summed E-state index contributed by atoms with van der Waals surface area (Å²) in [5.41, 5.74) is 0. The SMILES string of the molecule is O=C1NC2CC1C=C2F. The van der Waals surface area contributed by atoms with Crippen LogP contribution in [0.15, 0.2) is 11.9 Å². The first-order valence-corrected chi connectivity index (χ1v) is 2.95. The predicted octanol–water partition coefficient (Wildman–Crippen LogP) is 0.358. The molecule has 2 aliphatic rings. The Bertz CT molecular complexity index is 199. The van der Waals surface area contributed by atoms with Gasteiger partial charge in [0.25, 0.3) is 0 Å². The van der Waals surface area contributed by atoms with E-state index >= 15 is 0 Å². The molecule has 2 unspecified atom stereocenters. The van der Waals surface area contributed by atoms with Gasteiger partial charge < -0.3 is 5.32 Å². The minimum absolute atomic E-state index is 0.0265. The van der Waals surface area contributed by atoms with Crippen molar-refractivity contribution >= 4 is 5.91 Å². The Labute approximate surface area is 51.7 Å². The molecule has 1 N–H and O–H groups in total. The first kappa shape index (κ1) is 4.97. The third-order valence-corrected chi connectivity index (χ3v) is 1.84. The van der Waals surface area contributed by atoms with Gasteiger partial charge in [-0.3, -0.25) is 4.79 Å². The molecular formula is C6H6FNO. The zero-order chi connectivity index (χ0) is 6.43. The van der Waals surface area contributed by atoms with Crippen molar-refractivity contribution in [3.8, 4) is 0 Å². The highest BCUT2D eigenvalue weighted by Gasteiger charge is 2.39. The van der Waals surface area contributed by atoms with E-state index in [2.05, 4.69) is 5.32 Å². The quantitative estimate of drug-likeness (QED) is 0.500. The predicted molar refractivity (Wildman–Crippen MR) is 29.2 cm³/mol. The maximum atomic E-state index is 12.4. The van der Waals surface area contributed by atoms with Gasteiger partial charge in [0.05, 0.1) is 12.0 Å². The lowest BCUT2D eigenvalue weighted by Crippen LogP contribution is -2.29. The standard InChI is InChI=1S/C6H6FNO/c7-4-1-3-2-5(4)8-6(3)9/h1,3,5H,2H2,(H,8,9). The molecule has 1 amide bonds. The van der Waals surface area contributed by atoms with E-state index in [0.29, 0.717) is 6.42 Å². The molecule has 0 aromatic heterocycles. The molecule has 0 aromatic carbocycles. The summed E-state index contributed by atoms with van der Waals surface area (Å²) >= 11 is 0. The summed E-state index contributed by atoms with van der Waals surface area (Å²) in [5, 5.41) is 2.52. The molecule has 1 aliphatic heterocycles. The second kappa shape index (κ2) is 1.35. The van der Waals surface area contributed by atoms with Crippen LogP contribution in [-0.2, 0) is 4.79 Å². The number of halogens is 1. The summed E-state index contributed by atoms with van der Waals surface area (Å²) < 4.78 is 12.4. The van der Waals surface area contributed by atoms with Crippen LogP contribution in [-0.4, -0.2) is 11.9 Å². The van der Waals surface area contributed by atoms with E-state index in [-0.39, 0.29) is 23.7 Å². The van der Waals surface area contributed by atoms with Crippen molar-refractivity contribution in [1.82, 2.24) is 5.32 Å². The van der Waals surface area contributed by atoms with Crippen molar-refractivity contribution in [2.45, 2.75) is 12.5 Å². The van der Waals surface area contributed by atoms with Gasteiger partial charge in [0.2, 0.25) is 5.91 Å². The highest BCUT2D eigenvalue weighted by molar-refractivity contribution is 5.85. The number of carbonyl (C=O) groups is 1. The molecule has 2 nitrogen and oxygen atoms in total. The molecule has 0 radical (unpaired) electrons. The average Bonchev–Trinajstić information content (AvgIpc) is 2.24. The highest BCUT2D eigenvalue weighted by atomic mass is 19.1. The van der Waals surface area contributed by atoms with E-state index in [0.717, 1.165) is 0 Å². The molecule has 0 spiro atoms. The van der Waals surface area contributed by atoms with Gasteiger partial charge in [0, 0.05) is 0 Å². The van der Waals surface area contributed by atoms with Gasteiger partial charge in [-0.25, -0.2) is 4.39 Å². The monoisotopic (exact) mass is 127 g/mol. The van der Waals surface area contributed by atoms with E-state index in [1.54, 1.807) is 0 Å². The van der Waals surface area contributed by atoms with Crippen LogP contribution in [0.2, 0.25) is 0 Å². The molecule has 1 aliphatic carbocycles. The van der Waals surface area contributed by atoms with Crippen LogP contribution < -0.4 is 5.32 Å². The number of hydrogen-bond donors (Lipinski definition) is 1. The Morgan fingerprint density at radius 1 is 1.78 bits per heavy atom. The number of nitrogens with one attached hydrogen (secondary N) is 1. The minimum Gasteiger partial charge on any atom is -0.346 e. The molecule has 1 fully saturated rings. The van der Waals surface area contributed by atoms with Crippen molar-refractivity contribution < 1.29 is 9.18 Å². The normalized spacial score (nSPS) is 38.8. The van der Waals surface area contributed by atoms with E-state index < -0.39 is 0 Å². The summed E-state index contributed by atoms with van der Waals surface area (Å²) in [5.74, 6) is -0.365. The van der Waals surface area contributed by atoms with Crippen LogP contribution >= 0.6 is 0 Å². The Kier molecular flexibility index (Phi) is 0.743. The molecule has 0 aromatic rings. The van der Waals surface area contributed by atoms with Gasteiger partial charge in [-0.1, -0.05) is 0 Å². The highest BCUT2D eigenvalue weighted by Crippen LogP contribution is 2.31. The minimum atomic E-state index is -0.289. The van der Waals surface area contributed by atoms with Crippen LogP contribution in [0.4, 0.5) is 4.39 Å². The van der Waals surface area contributed by atoms with Crippen molar-refractivity contribution in [1.29, 1.82) is 0 Å². The van der Waals surface area contributed by atoms with Gasteiger partial charge in [0.1, 0.15) is 5.83 Å². The van der Waals surface area contributed by atoms with E-state index in [1.807, 2.05) is 0 Å². The second-order valence-corrected chi connectivity index (χ2v) is 2.45. The van der Waals surface area contributed by atoms with E-state index in [9.17, 15) is 9.18 Å². The lowest BCUT2D eigenvalue weighted by Gasteiger charge is -2.05. The van der Waals surface area contributed by atoms with Crippen LogP contribution in [0, 0.1) is 5.92 Å². The summed E-state index contributed by atoms with van der Waals surface area (Å²) in [6.45, 7) is 0. The molecular weight excluding hydrogens is 121 g/mol. The molecule has 2 atom stereocenters. The maximum Gasteiger partial charge on any atom is 0.227 e. The van der Waals surface area contributed by atoms with Crippen molar-refractivity contribution in [3.05, 3.63) is 11.9 Å². The molecule has 2 rings (SSSR count). The second-order valence-electron chi connectivity index (χ2n) is 2.45. The van der Waals surface area contributed by atoms with Crippen molar-refractivity contribution in [2.75, 3.05) is 0 Å². The number of fused-ring (bicyclic) bond motifs is 2. The van der Waals surface area contributed by atoms with Gasteiger partial charge in [-0.15, -0.1) is 0 Å². The molecule has 3 heteroatoms. The zero-order valence-corrected chi connectivity index (χ0v) is 4.73. The van der Waals surface area contributed by atoms with Crippen LogP contribution in [0.1, 0.15) is 6.42 Å². The summed E-state index contributed by atoms with van der Waals surface area (Å²) in [7, 11) is 0. The van der Waals surface area contributed by atoms with Crippen LogP contribution in [0.3, 0.4) is 0 Å². The van der Waals surface area contributed by atoms with Gasteiger partial charge in [-0.05, 0) is 12.5 Å². The Balaban J connectivity index is 2.35.